The van der Waals surface area contributed by atoms with E-state index in [1.54, 1.807) is 30.5 Å². The number of benzene rings is 1. The Kier molecular flexibility index (Phi) is 4.33. The monoisotopic (exact) mass is 383 g/mol. The molecular weight excluding hydrogens is 362 g/mol. The molecule has 3 heterocycles. The molecule has 0 fully saturated rings. The van der Waals surface area contributed by atoms with Gasteiger partial charge >= 0.3 is 0 Å². The Morgan fingerprint density at radius 1 is 1.25 bits per heavy atom. The lowest BCUT2D eigenvalue weighted by Gasteiger charge is -2.40. The minimum absolute atomic E-state index is 0.175. The Morgan fingerprint density at radius 2 is 2.04 bits per heavy atom. The first kappa shape index (κ1) is 18.1. The number of nitrogens with one attached hydrogen (secondary N) is 1. The highest BCUT2D eigenvalue weighted by Crippen LogP contribution is 2.37. The molecule has 0 saturated heterocycles. The smallest absolute Gasteiger partial charge is 0.282 e. The average molecular weight is 383 g/mol. The maximum atomic E-state index is 13.1. The fourth-order valence-electron chi connectivity index (χ4n) is 3.26. The van der Waals surface area contributed by atoms with Crippen molar-refractivity contribution in [1.29, 1.82) is 0 Å². The van der Waals surface area contributed by atoms with Gasteiger partial charge in [0.2, 0.25) is 6.79 Å². The fraction of sp³-hybridized carbons (Fsp3) is 0.350. The van der Waals surface area contributed by atoms with Gasteiger partial charge in [0.15, 0.2) is 23.1 Å². The highest BCUT2D eigenvalue weighted by Gasteiger charge is 2.51. The first-order valence-electron chi connectivity index (χ1n) is 9.04. The van der Waals surface area contributed by atoms with Gasteiger partial charge in [0.1, 0.15) is 0 Å². The minimum Gasteiger partial charge on any atom is -0.464 e. The zero-order chi connectivity index (χ0) is 19.9. The van der Waals surface area contributed by atoms with E-state index in [0.717, 1.165) is 5.56 Å². The van der Waals surface area contributed by atoms with E-state index in [-0.39, 0.29) is 19.4 Å². The summed E-state index contributed by atoms with van der Waals surface area (Å²) in [4.78, 5) is 31.8. The molecule has 0 spiro atoms. The van der Waals surface area contributed by atoms with E-state index >= 15 is 0 Å². The van der Waals surface area contributed by atoms with Crippen LogP contribution in [0.25, 0.3) is 0 Å². The number of anilines is 1. The van der Waals surface area contributed by atoms with Gasteiger partial charge in [-0.05, 0) is 50.6 Å². The van der Waals surface area contributed by atoms with Crippen molar-refractivity contribution in [1.82, 2.24) is 10.3 Å². The quantitative estimate of drug-likeness (QED) is 0.813. The molecule has 1 aromatic heterocycles. The summed E-state index contributed by atoms with van der Waals surface area (Å²) in [5.74, 6) is 1.16. The van der Waals surface area contributed by atoms with Crippen molar-refractivity contribution >= 4 is 17.6 Å². The maximum absolute atomic E-state index is 13.1. The summed E-state index contributed by atoms with van der Waals surface area (Å²) >= 11 is 0. The highest BCUT2D eigenvalue weighted by atomic mass is 16.7. The van der Waals surface area contributed by atoms with Gasteiger partial charge in [0, 0.05) is 18.8 Å². The molecule has 8 nitrogen and oxygen atoms in total. The number of fused-ring (bicyclic) bond motifs is 2. The second-order valence-electron chi connectivity index (χ2n) is 7.10. The Morgan fingerprint density at radius 3 is 2.82 bits per heavy atom. The van der Waals surface area contributed by atoms with E-state index in [0.29, 0.717) is 23.1 Å². The van der Waals surface area contributed by atoms with Crippen molar-refractivity contribution in [2.45, 2.75) is 39.0 Å². The van der Waals surface area contributed by atoms with Crippen LogP contribution in [-0.2, 0) is 16.1 Å². The van der Waals surface area contributed by atoms with E-state index in [1.165, 1.54) is 11.8 Å². The number of rotatable bonds is 4. The Bertz CT molecular complexity index is 945. The summed E-state index contributed by atoms with van der Waals surface area (Å²) in [6, 6.07) is 8.65. The van der Waals surface area contributed by atoms with E-state index in [4.69, 9.17) is 14.2 Å². The summed E-state index contributed by atoms with van der Waals surface area (Å²) in [7, 11) is 0. The van der Waals surface area contributed by atoms with Crippen LogP contribution < -0.4 is 24.4 Å². The molecule has 0 bridgehead atoms. The summed E-state index contributed by atoms with van der Waals surface area (Å²) in [6.45, 7) is 5.63. The van der Waals surface area contributed by atoms with Gasteiger partial charge in [-0.1, -0.05) is 6.07 Å². The van der Waals surface area contributed by atoms with Gasteiger partial charge in [-0.3, -0.25) is 14.5 Å². The van der Waals surface area contributed by atoms with E-state index in [9.17, 15) is 9.59 Å². The van der Waals surface area contributed by atoms with Gasteiger partial charge in [0.05, 0.1) is 0 Å². The van der Waals surface area contributed by atoms with E-state index in [2.05, 4.69) is 10.3 Å². The lowest BCUT2D eigenvalue weighted by molar-refractivity contribution is -0.148. The molecule has 4 rings (SSSR count). The SMILES string of the molecule is CC(C)N1C(=O)[C@](C)(C(=O)NCc2ccc3c(c2)OCO3)Oc2cccnc21. The highest BCUT2D eigenvalue weighted by molar-refractivity contribution is 6.16. The van der Waals surface area contributed by atoms with Crippen LogP contribution in [0.4, 0.5) is 5.82 Å². The Balaban J connectivity index is 1.55. The molecular formula is C20H21N3O5. The Labute approximate surface area is 162 Å². The number of carbonyl (C=O) groups is 2. The number of hydrogen-bond acceptors (Lipinski definition) is 6. The van der Waals surface area contributed by atoms with Crippen molar-refractivity contribution in [2.24, 2.45) is 0 Å². The summed E-state index contributed by atoms with van der Waals surface area (Å²) in [5.41, 5.74) is -0.858. The van der Waals surface area contributed by atoms with Crippen LogP contribution in [0.3, 0.4) is 0 Å². The maximum Gasteiger partial charge on any atom is 0.282 e. The molecule has 1 aromatic carbocycles. The number of amides is 2. The summed E-state index contributed by atoms with van der Waals surface area (Å²) in [6.07, 6.45) is 1.59. The molecule has 2 aromatic rings. The van der Waals surface area contributed by atoms with Crippen LogP contribution in [-0.4, -0.2) is 35.2 Å². The molecule has 0 saturated carbocycles. The molecule has 28 heavy (non-hydrogen) atoms. The molecule has 146 valence electrons. The normalized spacial score (nSPS) is 20.0. The zero-order valence-corrected chi connectivity index (χ0v) is 15.9. The molecule has 0 aliphatic carbocycles. The lowest BCUT2D eigenvalue weighted by Crippen LogP contribution is -2.63. The van der Waals surface area contributed by atoms with Gasteiger partial charge < -0.3 is 19.5 Å². The van der Waals surface area contributed by atoms with Crippen LogP contribution in [0.5, 0.6) is 17.2 Å². The average Bonchev–Trinajstić information content (AvgIpc) is 3.14. The van der Waals surface area contributed by atoms with Crippen LogP contribution in [0, 0.1) is 0 Å². The van der Waals surface area contributed by atoms with Crippen molar-refractivity contribution in [2.75, 3.05) is 11.7 Å². The molecule has 1 atom stereocenters. The molecule has 2 aliphatic rings. The van der Waals surface area contributed by atoms with E-state index in [1.807, 2.05) is 19.9 Å². The minimum atomic E-state index is -1.68. The van der Waals surface area contributed by atoms with Crippen LogP contribution in [0.15, 0.2) is 36.5 Å². The van der Waals surface area contributed by atoms with Crippen molar-refractivity contribution in [3.05, 3.63) is 42.1 Å². The standard InChI is InChI=1S/C20H21N3O5/c1-12(2)23-17-15(5-4-8-21-17)28-20(3,19(23)25)18(24)22-10-13-6-7-14-16(9-13)27-11-26-14/h4-9,12H,10-11H2,1-3H3,(H,22,24)/t20-/m0/s1. The summed E-state index contributed by atoms with van der Waals surface area (Å²) in [5, 5.41) is 2.79. The zero-order valence-electron chi connectivity index (χ0n) is 15.9. The van der Waals surface area contributed by atoms with Crippen LogP contribution >= 0.6 is 0 Å². The molecule has 2 aliphatic heterocycles. The predicted octanol–water partition coefficient (Wildman–Crippen LogP) is 2.02. The molecule has 0 unspecified atom stereocenters. The van der Waals surface area contributed by atoms with Crippen molar-refractivity contribution < 1.29 is 23.8 Å². The third-order valence-corrected chi connectivity index (χ3v) is 4.76. The number of hydrogen-bond donors (Lipinski definition) is 1. The molecule has 0 radical (unpaired) electrons. The fourth-order valence-corrected chi connectivity index (χ4v) is 3.26. The third-order valence-electron chi connectivity index (χ3n) is 4.76. The van der Waals surface area contributed by atoms with E-state index < -0.39 is 17.4 Å². The van der Waals surface area contributed by atoms with Gasteiger partial charge in [-0.15, -0.1) is 0 Å². The number of nitrogens with zero attached hydrogens (tertiary/aromatic N) is 2. The second kappa shape index (κ2) is 6.70. The molecule has 8 heteroatoms. The number of ether oxygens (including phenoxy) is 3. The Hall–Kier alpha value is -3.29. The van der Waals surface area contributed by atoms with Crippen LogP contribution in [0.2, 0.25) is 0 Å². The molecule has 1 N–H and O–H groups in total. The number of carbonyl (C=O) groups excluding carboxylic acids is 2. The predicted molar refractivity (Wildman–Crippen MR) is 100 cm³/mol. The van der Waals surface area contributed by atoms with Gasteiger partial charge in [-0.2, -0.15) is 0 Å². The number of aromatic nitrogens is 1. The molecule has 2 amide bonds. The first-order valence-corrected chi connectivity index (χ1v) is 9.04. The summed E-state index contributed by atoms with van der Waals surface area (Å²) < 4.78 is 16.5. The van der Waals surface area contributed by atoms with Crippen molar-refractivity contribution in [3.8, 4) is 17.2 Å². The van der Waals surface area contributed by atoms with Crippen LogP contribution in [0.1, 0.15) is 26.3 Å². The van der Waals surface area contributed by atoms with Crippen molar-refractivity contribution in [3.63, 3.8) is 0 Å². The lowest BCUT2D eigenvalue weighted by atomic mass is 9.99. The topological polar surface area (TPSA) is 90.0 Å². The largest absolute Gasteiger partial charge is 0.464 e. The number of pyridine rings is 1. The third kappa shape index (κ3) is 2.90. The first-order chi connectivity index (χ1) is 13.4. The second-order valence-corrected chi connectivity index (χ2v) is 7.10. The van der Waals surface area contributed by atoms with Gasteiger partial charge in [-0.25, -0.2) is 4.98 Å². The van der Waals surface area contributed by atoms with Gasteiger partial charge in [0.25, 0.3) is 17.4 Å².